The van der Waals surface area contributed by atoms with Crippen molar-refractivity contribution in [2.24, 2.45) is 5.92 Å². The summed E-state index contributed by atoms with van der Waals surface area (Å²) in [7, 11) is 3.78. The Morgan fingerprint density at radius 3 is 2.64 bits per heavy atom. The van der Waals surface area contributed by atoms with Crippen molar-refractivity contribution in [3.8, 4) is 5.88 Å². The molecule has 1 N–H and O–H groups in total. The van der Waals surface area contributed by atoms with Crippen LogP contribution in [0.15, 0.2) is 42.6 Å². The summed E-state index contributed by atoms with van der Waals surface area (Å²) >= 11 is 0. The summed E-state index contributed by atoms with van der Waals surface area (Å²) < 4.78 is 17.3. The van der Waals surface area contributed by atoms with Crippen LogP contribution in [0.4, 0.5) is 5.69 Å². The summed E-state index contributed by atoms with van der Waals surface area (Å²) in [5.41, 5.74) is 1.69. The molecule has 3 aliphatic rings. The van der Waals surface area contributed by atoms with Crippen molar-refractivity contribution < 1.29 is 28.3 Å². The largest absolute Gasteiger partial charge is 0.481 e. The summed E-state index contributed by atoms with van der Waals surface area (Å²) in [6, 6.07) is 9.65. The third-order valence-corrected chi connectivity index (χ3v) is 6.72. The van der Waals surface area contributed by atoms with Gasteiger partial charge in [0.2, 0.25) is 5.88 Å². The van der Waals surface area contributed by atoms with Gasteiger partial charge in [0.05, 0.1) is 39.4 Å². The van der Waals surface area contributed by atoms with Gasteiger partial charge in [-0.15, -0.1) is 0 Å². The predicted octanol–water partition coefficient (Wildman–Crippen LogP) is 3.20. The fourth-order valence-electron chi connectivity index (χ4n) is 4.78. The number of carbonyl (C=O) groups is 2. The number of methoxy groups -OCH3 is 1. The van der Waals surface area contributed by atoms with Crippen LogP contribution in [0.1, 0.15) is 41.7 Å². The lowest BCUT2D eigenvalue weighted by molar-refractivity contribution is -0.928. The van der Waals surface area contributed by atoms with Crippen molar-refractivity contribution in [1.29, 1.82) is 0 Å². The lowest BCUT2D eigenvalue weighted by Gasteiger charge is -2.49. The van der Waals surface area contributed by atoms with Gasteiger partial charge in [-0.3, -0.25) is 0 Å². The molecule has 3 saturated heterocycles. The Hall–Kier alpha value is -3.13. The van der Waals surface area contributed by atoms with E-state index in [-0.39, 0.29) is 12.1 Å². The van der Waals surface area contributed by atoms with E-state index < -0.39 is 12.0 Å². The van der Waals surface area contributed by atoms with Crippen molar-refractivity contribution in [2.75, 3.05) is 45.7 Å². The van der Waals surface area contributed by atoms with Crippen LogP contribution in [0.5, 0.6) is 5.88 Å². The Balaban J connectivity index is 1.56. The highest BCUT2D eigenvalue weighted by atomic mass is 16.5. The van der Waals surface area contributed by atoms with E-state index in [1.165, 1.54) is 0 Å². The molecule has 1 aromatic heterocycles. The third-order valence-electron chi connectivity index (χ3n) is 6.72. The van der Waals surface area contributed by atoms with Gasteiger partial charge in [0.1, 0.15) is 6.54 Å². The molecule has 3 aliphatic heterocycles. The summed E-state index contributed by atoms with van der Waals surface area (Å²) in [4.78, 5) is 29.8. The molecule has 176 valence electrons. The second-order valence-electron chi connectivity index (χ2n) is 9.07. The Kier molecular flexibility index (Phi) is 6.83. The van der Waals surface area contributed by atoms with Gasteiger partial charge in [-0.25, -0.2) is 14.6 Å². The molecule has 2 atom stereocenters. The summed E-state index contributed by atoms with van der Waals surface area (Å²) in [5, 5.41) is 3.24. The SMILES string of the molecule is CCOC(=O)c1cccc(NC(C(=O)O[C@H]2C[N+]3(C)CCC2CC3)c2ccc(OC)nc2)c1. The van der Waals surface area contributed by atoms with E-state index >= 15 is 0 Å². The second kappa shape index (κ2) is 9.79. The maximum atomic E-state index is 13.4. The van der Waals surface area contributed by atoms with Crippen LogP contribution in [0.2, 0.25) is 0 Å². The highest BCUT2D eigenvalue weighted by molar-refractivity contribution is 5.91. The number of nitrogens with one attached hydrogen (secondary N) is 1. The maximum Gasteiger partial charge on any atom is 0.338 e. The second-order valence-corrected chi connectivity index (χ2v) is 9.07. The van der Waals surface area contributed by atoms with Crippen LogP contribution in [-0.2, 0) is 14.3 Å². The van der Waals surface area contributed by atoms with Crippen LogP contribution in [-0.4, -0.2) is 67.9 Å². The number of hydrogen-bond acceptors (Lipinski definition) is 7. The van der Waals surface area contributed by atoms with Crippen molar-refractivity contribution in [2.45, 2.75) is 31.9 Å². The fraction of sp³-hybridized carbons (Fsp3) is 0.480. The van der Waals surface area contributed by atoms with E-state index in [1.807, 2.05) is 0 Å². The molecule has 0 aliphatic carbocycles. The quantitative estimate of drug-likeness (QED) is 0.484. The molecule has 0 saturated carbocycles. The average Bonchev–Trinajstić information content (AvgIpc) is 2.83. The van der Waals surface area contributed by atoms with E-state index in [4.69, 9.17) is 14.2 Å². The number of quaternary nitrogens is 1. The van der Waals surface area contributed by atoms with E-state index in [0.29, 0.717) is 35.2 Å². The first-order chi connectivity index (χ1) is 15.9. The van der Waals surface area contributed by atoms with Gasteiger partial charge >= 0.3 is 11.9 Å². The highest BCUT2D eigenvalue weighted by Gasteiger charge is 2.45. The number of pyridine rings is 1. The first-order valence-corrected chi connectivity index (χ1v) is 11.5. The zero-order valence-corrected chi connectivity index (χ0v) is 19.5. The number of rotatable bonds is 8. The minimum absolute atomic E-state index is 0.0913. The molecule has 2 aromatic rings. The van der Waals surface area contributed by atoms with Crippen LogP contribution in [0.3, 0.4) is 0 Å². The van der Waals surface area contributed by atoms with Crippen molar-refractivity contribution >= 4 is 17.6 Å². The number of fused-ring (bicyclic) bond motifs is 3. The molecule has 3 fully saturated rings. The molecule has 2 bridgehead atoms. The zero-order chi connectivity index (χ0) is 23.4. The first kappa shape index (κ1) is 23.0. The van der Waals surface area contributed by atoms with Gasteiger partial charge in [0.25, 0.3) is 0 Å². The van der Waals surface area contributed by atoms with Crippen LogP contribution in [0, 0.1) is 5.92 Å². The highest BCUT2D eigenvalue weighted by Crippen LogP contribution is 2.35. The summed E-state index contributed by atoms with van der Waals surface area (Å²) in [6.07, 6.45) is 3.68. The third kappa shape index (κ3) is 5.27. The van der Waals surface area contributed by atoms with Crippen molar-refractivity contribution in [1.82, 2.24) is 4.98 Å². The normalized spacial score (nSPS) is 24.6. The van der Waals surface area contributed by atoms with Gasteiger partial charge in [-0.2, -0.15) is 0 Å². The smallest absolute Gasteiger partial charge is 0.338 e. The predicted molar refractivity (Wildman–Crippen MR) is 123 cm³/mol. The van der Waals surface area contributed by atoms with E-state index in [9.17, 15) is 9.59 Å². The molecule has 0 radical (unpaired) electrons. The first-order valence-electron chi connectivity index (χ1n) is 11.5. The molecule has 1 unspecified atom stereocenters. The maximum absolute atomic E-state index is 13.4. The Morgan fingerprint density at radius 1 is 1.21 bits per heavy atom. The molecular formula is C25H32N3O5+. The topological polar surface area (TPSA) is 86.8 Å². The number of benzene rings is 1. The van der Waals surface area contributed by atoms with Gasteiger partial charge in [-0.1, -0.05) is 6.07 Å². The number of hydrogen-bond donors (Lipinski definition) is 1. The zero-order valence-electron chi connectivity index (χ0n) is 19.5. The van der Waals surface area contributed by atoms with Crippen LogP contribution >= 0.6 is 0 Å². The van der Waals surface area contributed by atoms with Crippen molar-refractivity contribution in [3.63, 3.8) is 0 Å². The van der Waals surface area contributed by atoms with Gasteiger partial charge in [0, 0.05) is 42.3 Å². The molecule has 5 rings (SSSR count). The molecule has 0 amide bonds. The molecule has 8 nitrogen and oxygen atoms in total. The molecule has 0 spiro atoms. The molecule has 1 aromatic carbocycles. The molecule has 33 heavy (non-hydrogen) atoms. The fourth-order valence-corrected chi connectivity index (χ4v) is 4.78. The Morgan fingerprint density at radius 2 is 2.00 bits per heavy atom. The van der Waals surface area contributed by atoms with Gasteiger partial charge in [-0.05, 0) is 31.2 Å². The lowest BCUT2D eigenvalue weighted by atomic mass is 9.84. The van der Waals surface area contributed by atoms with Gasteiger partial charge in [0.15, 0.2) is 12.1 Å². The number of nitrogens with zero attached hydrogens (tertiary/aromatic N) is 2. The number of carbonyl (C=O) groups excluding carboxylic acids is 2. The molecular weight excluding hydrogens is 422 g/mol. The Labute approximate surface area is 194 Å². The number of anilines is 1. The number of esters is 2. The van der Waals surface area contributed by atoms with E-state index in [0.717, 1.165) is 37.0 Å². The number of aromatic nitrogens is 1. The number of likely N-dealkylation sites (N-methyl/N-ethyl adjacent to an activating group) is 1. The number of piperidine rings is 3. The monoisotopic (exact) mass is 454 g/mol. The standard InChI is InChI=1S/C25H32N3O5/c1-4-32-24(29)18-6-5-7-20(14-18)27-23(19-8-9-22(31-3)26-15-19)25(30)33-21-16-28(2)12-10-17(21)11-13-28/h5-9,14-15,17,21,23,27H,4,10-13,16H2,1-3H3/q+1/t17?,21-,23?,28?/m0/s1. The van der Waals surface area contributed by atoms with Crippen molar-refractivity contribution in [3.05, 3.63) is 53.7 Å². The van der Waals surface area contributed by atoms with Crippen LogP contribution < -0.4 is 10.1 Å². The van der Waals surface area contributed by atoms with Gasteiger partial charge < -0.3 is 24.0 Å². The van der Waals surface area contributed by atoms with E-state index in [1.54, 1.807) is 56.6 Å². The minimum atomic E-state index is -0.776. The Bertz CT molecular complexity index is 986. The molecule has 4 heterocycles. The van der Waals surface area contributed by atoms with E-state index in [2.05, 4.69) is 17.3 Å². The summed E-state index contributed by atoms with van der Waals surface area (Å²) in [5.74, 6) is 0.116. The summed E-state index contributed by atoms with van der Waals surface area (Å²) in [6.45, 7) is 5.19. The average molecular weight is 455 g/mol. The lowest BCUT2D eigenvalue weighted by Crippen LogP contribution is -2.62. The minimum Gasteiger partial charge on any atom is -0.481 e. The number of ether oxygens (including phenoxy) is 3. The van der Waals surface area contributed by atoms with Crippen LogP contribution in [0.25, 0.3) is 0 Å². The molecule has 8 heteroatoms.